The monoisotopic (exact) mass is 290 g/mol. The van der Waals surface area contributed by atoms with Crippen molar-refractivity contribution in [2.75, 3.05) is 11.9 Å². The van der Waals surface area contributed by atoms with Gasteiger partial charge in [-0.25, -0.2) is 0 Å². The second-order valence-electron chi connectivity index (χ2n) is 5.73. The lowest BCUT2D eigenvalue weighted by Gasteiger charge is -2.26. The number of nitrogens with zero attached hydrogens (tertiary/aromatic N) is 1. The molecule has 0 aromatic heterocycles. The number of likely N-dealkylation sites (N-methyl/N-ethyl adjacent to an activating group) is 1. The lowest BCUT2D eigenvalue weighted by Crippen LogP contribution is -2.53. The first kappa shape index (κ1) is 15.5. The van der Waals surface area contributed by atoms with Crippen LogP contribution in [0.15, 0.2) is 24.3 Å². The molecule has 5 nitrogen and oxygen atoms in total. The fraction of sp³-hybridized carbons (Fsp3) is 0.500. The number of hydrogen-bond donors (Lipinski definition) is 2. The van der Waals surface area contributed by atoms with E-state index in [9.17, 15) is 14.7 Å². The topological polar surface area (TPSA) is 69.6 Å². The zero-order valence-corrected chi connectivity index (χ0v) is 12.7. The van der Waals surface area contributed by atoms with Crippen LogP contribution in [0.1, 0.15) is 25.3 Å². The minimum absolute atomic E-state index is 0.00345. The molecule has 5 heteroatoms. The Balaban J connectivity index is 2.09. The van der Waals surface area contributed by atoms with E-state index in [4.69, 9.17) is 0 Å². The van der Waals surface area contributed by atoms with Crippen molar-refractivity contribution in [2.45, 2.75) is 38.8 Å². The van der Waals surface area contributed by atoms with Crippen molar-refractivity contribution >= 4 is 17.5 Å². The van der Waals surface area contributed by atoms with Crippen LogP contribution in [0.4, 0.5) is 5.69 Å². The molecule has 1 aliphatic carbocycles. The molecule has 0 radical (unpaired) electrons. The summed E-state index contributed by atoms with van der Waals surface area (Å²) in [4.78, 5) is 25.8. The number of carbonyl (C=O) groups is 2. The molecule has 114 valence electrons. The van der Waals surface area contributed by atoms with E-state index in [2.05, 4.69) is 5.32 Å². The van der Waals surface area contributed by atoms with E-state index >= 15 is 0 Å². The molecular formula is C16H22N2O3. The molecule has 0 aliphatic heterocycles. The van der Waals surface area contributed by atoms with Gasteiger partial charge in [-0.1, -0.05) is 17.7 Å². The SMILES string of the molecule is Cc1ccc(N(C)C(=O)C(NC(=O)C2CC2)C(C)O)cc1. The summed E-state index contributed by atoms with van der Waals surface area (Å²) < 4.78 is 0. The molecule has 2 atom stereocenters. The Morgan fingerprint density at radius 1 is 1.29 bits per heavy atom. The number of anilines is 1. The molecule has 2 rings (SSSR count). The summed E-state index contributed by atoms with van der Waals surface area (Å²) in [5.74, 6) is -0.460. The van der Waals surface area contributed by atoms with Gasteiger partial charge in [0, 0.05) is 18.7 Å². The van der Waals surface area contributed by atoms with E-state index in [1.54, 1.807) is 7.05 Å². The highest BCUT2D eigenvalue weighted by atomic mass is 16.3. The van der Waals surface area contributed by atoms with Gasteiger partial charge in [0.05, 0.1) is 6.10 Å². The second-order valence-corrected chi connectivity index (χ2v) is 5.73. The standard InChI is InChI=1S/C16H22N2O3/c1-10-4-8-13(9-5-10)18(3)16(21)14(11(2)19)17-15(20)12-6-7-12/h4-5,8-9,11-12,14,19H,6-7H2,1-3H3,(H,17,20). The molecule has 0 spiro atoms. The number of rotatable bonds is 5. The number of aliphatic hydroxyl groups excluding tert-OH is 1. The fourth-order valence-corrected chi connectivity index (χ4v) is 2.11. The molecule has 0 saturated heterocycles. The predicted molar refractivity (Wildman–Crippen MR) is 80.9 cm³/mol. The van der Waals surface area contributed by atoms with Gasteiger partial charge >= 0.3 is 0 Å². The van der Waals surface area contributed by atoms with Gasteiger partial charge in [-0.3, -0.25) is 9.59 Å². The first-order valence-corrected chi connectivity index (χ1v) is 7.23. The molecule has 1 saturated carbocycles. The Labute approximate surface area is 125 Å². The summed E-state index contributed by atoms with van der Waals surface area (Å²) in [5.41, 5.74) is 1.84. The molecule has 1 aromatic rings. The van der Waals surface area contributed by atoms with Crippen molar-refractivity contribution in [3.63, 3.8) is 0 Å². The lowest BCUT2D eigenvalue weighted by molar-refractivity contribution is -0.130. The Morgan fingerprint density at radius 2 is 1.86 bits per heavy atom. The van der Waals surface area contributed by atoms with Crippen LogP contribution in [0, 0.1) is 12.8 Å². The molecule has 0 bridgehead atoms. The summed E-state index contributed by atoms with van der Waals surface area (Å²) in [6, 6.07) is 6.60. The van der Waals surface area contributed by atoms with Crippen molar-refractivity contribution in [1.82, 2.24) is 5.32 Å². The molecule has 0 heterocycles. The number of benzene rings is 1. The molecule has 2 amide bonds. The normalized spacial score (nSPS) is 17.0. The minimum atomic E-state index is -0.937. The van der Waals surface area contributed by atoms with Crippen LogP contribution >= 0.6 is 0 Å². The number of amides is 2. The van der Waals surface area contributed by atoms with Crippen LogP contribution in [0.2, 0.25) is 0 Å². The van der Waals surface area contributed by atoms with Gasteiger partial charge < -0.3 is 15.3 Å². The highest BCUT2D eigenvalue weighted by molar-refractivity contribution is 5.99. The smallest absolute Gasteiger partial charge is 0.251 e. The number of carbonyl (C=O) groups excluding carboxylic acids is 2. The highest BCUT2D eigenvalue weighted by Gasteiger charge is 2.35. The summed E-state index contributed by atoms with van der Waals surface area (Å²) >= 11 is 0. The zero-order valence-electron chi connectivity index (χ0n) is 12.7. The van der Waals surface area contributed by atoms with Crippen LogP contribution in [0.3, 0.4) is 0 Å². The van der Waals surface area contributed by atoms with Crippen LogP contribution in [-0.4, -0.2) is 36.1 Å². The first-order chi connectivity index (χ1) is 9.90. The van der Waals surface area contributed by atoms with Crippen LogP contribution in [0.25, 0.3) is 0 Å². The van der Waals surface area contributed by atoms with Gasteiger partial charge in [0.25, 0.3) is 5.91 Å². The van der Waals surface area contributed by atoms with Crippen molar-refractivity contribution in [3.05, 3.63) is 29.8 Å². The van der Waals surface area contributed by atoms with Gasteiger partial charge in [0.2, 0.25) is 5.91 Å². The van der Waals surface area contributed by atoms with Gasteiger partial charge in [0.1, 0.15) is 6.04 Å². The largest absolute Gasteiger partial charge is 0.391 e. The van der Waals surface area contributed by atoms with Gasteiger partial charge in [-0.2, -0.15) is 0 Å². The van der Waals surface area contributed by atoms with Gasteiger partial charge in [-0.15, -0.1) is 0 Å². The maximum Gasteiger partial charge on any atom is 0.251 e. The number of hydrogen-bond acceptors (Lipinski definition) is 3. The van der Waals surface area contributed by atoms with E-state index in [1.807, 2.05) is 31.2 Å². The van der Waals surface area contributed by atoms with E-state index in [1.165, 1.54) is 11.8 Å². The van der Waals surface area contributed by atoms with Crippen molar-refractivity contribution < 1.29 is 14.7 Å². The molecule has 1 fully saturated rings. The van der Waals surface area contributed by atoms with Crippen molar-refractivity contribution in [1.29, 1.82) is 0 Å². The quantitative estimate of drug-likeness (QED) is 0.857. The molecule has 21 heavy (non-hydrogen) atoms. The van der Waals surface area contributed by atoms with Crippen LogP contribution < -0.4 is 10.2 Å². The summed E-state index contributed by atoms with van der Waals surface area (Å²) in [6.07, 6.45) is 0.786. The molecule has 2 unspecified atom stereocenters. The summed E-state index contributed by atoms with van der Waals surface area (Å²) in [7, 11) is 1.64. The Hall–Kier alpha value is -1.88. The Kier molecular flexibility index (Phi) is 4.63. The second kappa shape index (κ2) is 6.26. The Bertz CT molecular complexity index is 521. The first-order valence-electron chi connectivity index (χ1n) is 7.23. The van der Waals surface area contributed by atoms with Crippen molar-refractivity contribution in [2.24, 2.45) is 5.92 Å². The average Bonchev–Trinajstić information content (AvgIpc) is 3.28. The summed E-state index contributed by atoms with van der Waals surface area (Å²) in [6.45, 7) is 3.48. The van der Waals surface area contributed by atoms with Crippen LogP contribution in [-0.2, 0) is 9.59 Å². The fourth-order valence-electron chi connectivity index (χ4n) is 2.11. The summed E-state index contributed by atoms with van der Waals surface area (Å²) in [5, 5.41) is 12.5. The number of nitrogens with one attached hydrogen (secondary N) is 1. The van der Waals surface area contributed by atoms with E-state index < -0.39 is 12.1 Å². The third-order valence-corrected chi connectivity index (χ3v) is 3.75. The van der Waals surface area contributed by atoms with E-state index in [0.717, 1.165) is 24.1 Å². The molecule has 2 N–H and O–H groups in total. The Morgan fingerprint density at radius 3 is 2.33 bits per heavy atom. The van der Waals surface area contributed by atoms with E-state index in [-0.39, 0.29) is 17.7 Å². The molecule has 1 aromatic carbocycles. The molecule has 1 aliphatic rings. The van der Waals surface area contributed by atoms with Gasteiger partial charge in [-0.05, 0) is 38.8 Å². The number of aryl methyl sites for hydroxylation is 1. The number of aliphatic hydroxyl groups is 1. The third kappa shape index (κ3) is 3.82. The van der Waals surface area contributed by atoms with Gasteiger partial charge in [0.15, 0.2) is 0 Å². The predicted octanol–water partition coefficient (Wildman–Crippen LogP) is 1.23. The zero-order chi connectivity index (χ0) is 15.6. The third-order valence-electron chi connectivity index (χ3n) is 3.75. The van der Waals surface area contributed by atoms with E-state index in [0.29, 0.717) is 0 Å². The maximum atomic E-state index is 12.5. The van der Waals surface area contributed by atoms with Crippen molar-refractivity contribution in [3.8, 4) is 0 Å². The minimum Gasteiger partial charge on any atom is -0.391 e. The maximum absolute atomic E-state index is 12.5. The van der Waals surface area contributed by atoms with Crippen LogP contribution in [0.5, 0.6) is 0 Å². The molecular weight excluding hydrogens is 268 g/mol. The lowest BCUT2D eigenvalue weighted by atomic mass is 10.1. The average molecular weight is 290 g/mol. The highest BCUT2D eigenvalue weighted by Crippen LogP contribution is 2.29.